The SMILES string of the molecule is I.NC(=NCC1CCC2(CCCCC2)O1)NC1CCCC1. The molecule has 1 heterocycles. The molecular formula is C16H30IN3O. The van der Waals surface area contributed by atoms with Crippen molar-refractivity contribution in [1.29, 1.82) is 0 Å². The zero-order valence-electron chi connectivity index (χ0n) is 13.0. The van der Waals surface area contributed by atoms with E-state index in [-0.39, 0.29) is 35.7 Å². The smallest absolute Gasteiger partial charge is 0.188 e. The van der Waals surface area contributed by atoms with Gasteiger partial charge in [-0.25, -0.2) is 0 Å². The van der Waals surface area contributed by atoms with Crippen LogP contribution < -0.4 is 11.1 Å². The number of hydrogen-bond acceptors (Lipinski definition) is 2. The minimum Gasteiger partial charge on any atom is -0.370 e. The molecule has 3 aliphatic rings. The lowest BCUT2D eigenvalue weighted by Crippen LogP contribution is -2.39. The lowest BCUT2D eigenvalue weighted by atomic mass is 9.83. The molecular weight excluding hydrogens is 377 g/mol. The summed E-state index contributed by atoms with van der Waals surface area (Å²) in [6.45, 7) is 0.729. The van der Waals surface area contributed by atoms with Crippen LogP contribution in [-0.2, 0) is 4.74 Å². The molecule has 0 aromatic heterocycles. The molecule has 3 fully saturated rings. The largest absolute Gasteiger partial charge is 0.370 e. The third kappa shape index (κ3) is 4.71. The zero-order chi connectivity index (χ0) is 13.8. The molecule has 1 saturated heterocycles. The molecule has 1 unspecified atom stereocenters. The predicted octanol–water partition coefficient (Wildman–Crippen LogP) is 3.33. The van der Waals surface area contributed by atoms with E-state index in [0.717, 1.165) is 13.0 Å². The maximum atomic E-state index is 6.32. The molecule has 0 aromatic rings. The molecule has 0 amide bonds. The molecule has 1 atom stereocenters. The summed E-state index contributed by atoms with van der Waals surface area (Å²) in [6.07, 6.45) is 14.3. The first-order valence-electron chi connectivity index (χ1n) is 8.50. The van der Waals surface area contributed by atoms with Gasteiger partial charge in [-0.2, -0.15) is 0 Å². The number of guanidine groups is 1. The highest BCUT2D eigenvalue weighted by atomic mass is 127. The summed E-state index contributed by atoms with van der Waals surface area (Å²) >= 11 is 0. The number of nitrogens with two attached hydrogens (primary N) is 1. The lowest BCUT2D eigenvalue weighted by molar-refractivity contribution is -0.0599. The van der Waals surface area contributed by atoms with Gasteiger partial charge >= 0.3 is 0 Å². The average Bonchev–Trinajstić information content (AvgIpc) is 3.08. The van der Waals surface area contributed by atoms with Crippen molar-refractivity contribution >= 4 is 29.9 Å². The summed E-state index contributed by atoms with van der Waals surface area (Å²) in [5, 5.41) is 3.35. The Kier molecular flexibility index (Phi) is 6.59. The van der Waals surface area contributed by atoms with Gasteiger partial charge in [-0.3, -0.25) is 4.99 Å². The van der Waals surface area contributed by atoms with E-state index in [0.29, 0.717) is 12.0 Å². The number of hydrogen-bond donors (Lipinski definition) is 2. The van der Waals surface area contributed by atoms with Crippen molar-refractivity contribution in [3.8, 4) is 0 Å². The summed E-state index contributed by atoms with van der Waals surface area (Å²) in [4.78, 5) is 4.51. The fourth-order valence-corrected chi connectivity index (χ4v) is 4.11. The fraction of sp³-hybridized carbons (Fsp3) is 0.938. The summed E-state index contributed by atoms with van der Waals surface area (Å²) in [5.74, 6) is 0.616. The van der Waals surface area contributed by atoms with Crippen molar-refractivity contribution in [3.63, 3.8) is 0 Å². The van der Waals surface area contributed by atoms with Crippen LogP contribution in [0.3, 0.4) is 0 Å². The highest BCUT2D eigenvalue weighted by Crippen LogP contribution is 2.41. The van der Waals surface area contributed by atoms with Crippen LogP contribution in [0.4, 0.5) is 0 Å². The van der Waals surface area contributed by atoms with Gasteiger partial charge in [0, 0.05) is 6.04 Å². The number of nitrogens with zero attached hydrogens (tertiary/aromatic N) is 1. The van der Waals surface area contributed by atoms with Crippen molar-refractivity contribution in [2.75, 3.05) is 6.54 Å². The Hall–Kier alpha value is -0.0400. The van der Waals surface area contributed by atoms with Crippen LogP contribution in [0.15, 0.2) is 4.99 Å². The molecule has 0 aromatic carbocycles. The monoisotopic (exact) mass is 407 g/mol. The van der Waals surface area contributed by atoms with Crippen molar-refractivity contribution in [1.82, 2.24) is 5.32 Å². The van der Waals surface area contributed by atoms with Crippen LogP contribution in [0.2, 0.25) is 0 Å². The molecule has 1 spiro atoms. The molecule has 21 heavy (non-hydrogen) atoms. The van der Waals surface area contributed by atoms with Gasteiger partial charge in [-0.15, -0.1) is 24.0 Å². The minimum atomic E-state index is 0. The average molecular weight is 407 g/mol. The summed E-state index contributed by atoms with van der Waals surface area (Å²) in [6, 6.07) is 0.549. The fourth-order valence-electron chi connectivity index (χ4n) is 4.11. The second-order valence-electron chi connectivity index (χ2n) is 6.87. The Balaban J connectivity index is 0.00000161. The van der Waals surface area contributed by atoms with Crippen molar-refractivity contribution in [2.45, 2.75) is 88.4 Å². The van der Waals surface area contributed by atoms with Crippen LogP contribution in [0.5, 0.6) is 0 Å². The molecule has 122 valence electrons. The molecule has 1 aliphatic heterocycles. The van der Waals surface area contributed by atoms with Crippen molar-refractivity contribution in [3.05, 3.63) is 0 Å². The van der Waals surface area contributed by atoms with Gasteiger partial charge in [0.2, 0.25) is 0 Å². The second kappa shape index (κ2) is 7.99. The van der Waals surface area contributed by atoms with Gasteiger partial charge in [0.25, 0.3) is 0 Å². The van der Waals surface area contributed by atoms with E-state index in [9.17, 15) is 0 Å². The van der Waals surface area contributed by atoms with Crippen LogP contribution in [0, 0.1) is 0 Å². The zero-order valence-corrected chi connectivity index (χ0v) is 15.3. The Labute approximate surface area is 145 Å². The second-order valence-corrected chi connectivity index (χ2v) is 6.87. The maximum absolute atomic E-state index is 6.32. The quantitative estimate of drug-likeness (QED) is 0.429. The summed E-state index contributed by atoms with van der Waals surface area (Å²) < 4.78 is 6.32. The van der Waals surface area contributed by atoms with Crippen LogP contribution in [0.1, 0.15) is 70.6 Å². The number of ether oxygens (including phenoxy) is 1. The highest BCUT2D eigenvalue weighted by molar-refractivity contribution is 14.0. The molecule has 4 nitrogen and oxygen atoms in total. The maximum Gasteiger partial charge on any atom is 0.188 e. The topological polar surface area (TPSA) is 59.6 Å². The Bertz CT molecular complexity index is 349. The first-order chi connectivity index (χ1) is 9.76. The van der Waals surface area contributed by atoms with E-state index in [1.807, 2.05) is 0 Å². The number of aliphatic imine (C=N–C) groups is 1. The Morgan fingerprint density at radius 3 is 2.48 bits per heavy atom. The highest BCUT2D eigenvalue weighted by Gasteiger charge is 2.40. The summed E-state index contributed by atoms with van der Waals surface area (Å²) in [5.41, 5.74) is 6.19. The van der Waals surface area contributed by atoms with E-state index >= 15 is 0 Å². The van der Waals surface area contributed by atoms with Crippen molar-refractivity contribution in [2.24, 2.45) is 10.7 Å². The van der Waals surface area contributed by atoms with Gasteiger partial charge in [0.05, 0.1) is 18.2 Å². The first-order valence-corrected chi connectivity index (χ1v) is 8.50. The minimum absolute atomic E-state index is 0. The summed E-state index contributed by atoms with van der Waals surface area (Å²) in [7, 11) is 0. The normalized spacial score (nSPS) is 29.5. The Morgan fingerprint density at radius 1 is 1.05 bits per heavy atom. The van der Waals surface area contributed by atoms with Crippen LogP contribution in [-0.4, -0.2) is 30.3 Å². The van der Waals surface area contributed by atoms with Gasteiger partial charge in [0.15, 0.2) is 5.96 Å². The molecule has 3 N–H and O–H groups in total. The van der Waals surface area contributed by atoms with E-state index in [4.69, 9.17) is 10.5 Å². The van der Waals surface area contributed by atoms with Gasteiger partial charge < -0.3 is 15.8 Å². The van der Waals surface area contributed by atoms with Gasteiger partial charge in [0.1, 0.15) is 0 Å². The third-order valence-corrected chi connectivity index (χ3v) is 5.28. The molecule has 0 radical (unpaired) electrons. The van der Waals surface area contributed by atoms with Crippen LogP contribution in [0.25, 0.3) is 0 Å². The van der Waals surface area contributed by atoms with Crippen molar-refractivity contribution < 1.29 is 4.74 Å². The number of rotatable bonds is 3. The predicted molar refractivity (Wildman–Crippen MR) is 97.2 cm³/mol. The van der Waals surface area contributed by atoms with Crippen LogP contribution >= 0.6 is 24.0 Å². The standard InChI is InChI=1S/C16H29N3O.HI/c17-15(19-13-6-2-3-7-13)18-12-14-8-11-16(20-14)9-4-1-5-10-16;/h13-14H,1-12H2,(H3,17,18,19);1H. The van der Waals surface area contributed by atoms with E-state index in [2.05, 4.69) is 10.3 Å². The van der Waals surface area contributed by atoms with E-state index in [1.165, 1.54) is 64.2 Å². The number of halogens is 1. The number of nitrogens with one attached hydrogen (secondary N) is 1. The first kappa shape index (κ1) is 17.3. The molecule has 5 heteroatoms. The molecule has 0 bridgehead atoms. The molecule has 2 aliphatic carbocycles. The van der Waals surface area contributed by atoms with Gasteiger partial charge in [-0.1, -0.05) is 32.1 Å². The Morgan fingerprint density at radius 2 is 1.76 bits per heavy atom. The van der Waals surface area contributed by atoms with Gasteiger partial charge in [-0.05, 0) is 38.5 Å². The van der Waals surface area contributed by atoms with E-state index in [1.54, 1.807) is 0 Å². The molecule has 2 saturated carbocycles. The lowest BCUT2D eigenvalue weighted by Gasteiger charge is -2.33. The molecule has 3 rings (SSSR count). The van der Waals surface area contributed by atoms with E-state index < -0.39 is 0 Å². The third-order valence-electron chi connectivity index (χ3n) is 5.28.